The third-order valence-electron chi connectivity index (χ3n) is 2.72. The topological polar surface area (TPSA) is 70.2 Å². The molecule has 1 aliphatic rings. The predicted molar refractivity (Wildman–Crippen MR) is 69.6 cm³/mol. The van der Waals surface area contributed by atoms with E-state index in [-0.39, 0.29) is 18.0 Å². The molecule has 0 aromatic heterocycles. The van der Waals surface area contributed by atoms with E-state index in [1.54, 1.807) is 24.3 Å². The molecule has 1 aromatic rings. The van der Waals surface area contributed by atoms with Crippen LogP contribution in [0.5, 0.6) is 0 Å². The minimum absolute atomic E-state index is 0.0274. The SMILES string of the molecule is O=C1CC[C@@H](NC(=O)Nc2ccccc2Cl)CN1. The number of carbonyl (C=O) groups excluding carboxylic acids is 2. The predicted octanol–water partition coefficient (Wildman–Crippen LogP) is 1.74. The molecule has 0 bridgehead atoms. The molecule has 1 aromatic carbocycles. The Morgan fingerprint density at radius 2 is 2.17 bits per heavy atom. The Bertz CT molecular complexity index is 454. The maximum atomic E-state index is 11.7. The van der Waals surface area contributed by atoms with Crippen molar-refractivity contribution in [1.29, 1.82) is 0 Å². The van der Waals surface area contributed by atoms with E-state index in [1.165, 1.54) is 0 Å². The molecule has 3 amide bonds. The summed E-state index contributed by atoms with van der Waals surface area (Å²) in [4.78, 5) is 22.7. The summed E-state index contributed by atoms with van der Waals surface area (Å²) < 4.78 is 0. The van der Waals surface area contributed by atoms with Gasteiger partial charge in [0, 0.05) is 19.0 Å². The van der Waals surface area contributed by atoms with Crippen molar-refractivity contribution in [3.63, 3.8) is 0 Å². The van der Waals surface area contributed by atoms with E-state index in [9.17, 15) is 9.59 Å². The maximum absolute atomic E-state index is 11.7. The summed E-state index contributed by atoms with van der Waals surface area (Å²) in [5.74, 6) is 0.0274. The van der Waals surface area contributed by atoms with Gasteiger partial charge in [0.05, 0.1) is 10.7 Å². The van der Waals surface area contributed by atoms with E-state index >= 15 is 0 Å². The van der Waals surface area contributed by atoms with E-state index < -0.39 is 0 Å². The number of amides is 3. The van der Waals surface area contributed by atoms with Crippen LogP contribution in [0.3, 0.4) is 0 Å². The highest BCUT2D eigenvalue weighted by Crippen LogP contribution is 2.20. The summed E-state index contributed by atoms with van der Waals surface area (Å²) in [6, 6.07) is 6.67. The molecule has 6 heteroatoms. The molecular formula is C12H14ClN3O2. The van der Waals surface area contributed by atoms with Crippen LogP contribution in [0.1, 0.15) is 12.8 Å². The molecule has 3 N–H and O–H groups in total. The molecule has 1 aliphatic heterocycles. The fourth-order valence-corrected chi connectivity index (χ4v) is 1.95. The Labute approximate surface area is 110 Å². The van der Waals surface area contributed by atoms with Crippen molar-refractivity contribution in [2.45, 2.75) is 18.9 Å². The average Bonchev–Trinajstić information content (AvgIpc) is 2.35. The molecular weight excluding hydrogens is 254 g/mol. The molecule has 0 spiro atoms. The highest BCUT2D eigenvalue weighted by Gasteiger charge is 2.19. The third kappa shape index (κ3) is 3.37. The van der Waals surface area contributed by atoms with Crippen LogP contribution in [0.15, 0.2) is 24.3 Å². The van der Waals surface area contributed by atoms with Crippen molar-refractivity contribution >= 4 is 29.2 Å². The van der Waals surface area contributed by atoms with Crippen LogP contribution in [0, 0.1) is 0 Å². The van der Waals surface area contributed by atoms with Crippen LogP contribution in [-0.2, 0) is 4.79 Å². The lowest BCUT2D eigenvalue weighted by Crippen LogP contribution is -2.48. The average molecular weight is 268 g/mol. The highest BCUT2D eigenvalue weighted by atomic mass is 35.5. The number of halogens is 1. The number of anilines is 1. The summed E-state index contributed by atoms with van der Waals surface area (Å²) in [6.45, 7) is 0.467. The Kier molecular flexibility index (Phi) is 4.04. The van der Waals surface area contributed by atoms with Gasteiger partial charge in [-0.25, -0.2) is 4.79 Å². The quantitative estimate of drug-likeness (QED) is 0.764. The molecule has 1 fully saturated rings. The largest absolute Gasteiger partial charge is 0.354 e. The van der Waals surface area contributed by atoms with E-state index in [2.05, 4.69) is 16.0 Å². The van der Waals surface area contributed by atoms with Gasteiger partial charge in [0.2, 0.25) is 5.91 Å². The first-order chi connectivity index (χ1) is 8.65. The van der Waals surface area contributed by atoms with Crippen LogP contribution >= 0.6 is 11.6 Å². The van der Waals surface area contributed by atoms with Gasteiger partial charge in [0.1, 0.15) is 0 Å². The van der Waals surface area contributed by atoms with Gasteiger partial charge < -0.3 is 16.0 Å². The molecule has 18 heavy (non-hydrogen) atoms. The van der Waals surface area contributed by atoms with Crippen molar-refractivity contribution in [3.05, 3.63) is 29.3 Å². The standard InChI is InChI=1S/C12H14ClN3O2/c13-9-3-1-2-4-10(9)16-12(18)15-8-5-6-11(17)14-7-8/h1-4,8H,5-7H2,(H,14,17)(H2,15,16,18)/t8-/m1/s1. The summed E-state index contributed by atoms with van der Waals surface area (Å²) in [6.07, 6.45) is 1.10. The van der Waals surface area contributed by atoms with Crippen molar-refractivity contribution in [2.75, 3.05) is 11.9 Å². The molecule has 1 saturated heterocycles. The minimum Gasteiger partial charge on any atom is -0.354 e. The van der Waals surface area contributed by atoms with E-state index in [1.807, 2.05) is 0 Å². The molecule has 1 heterocycles. The monoisotopic (exact) mass is 267 g/mol. The highest BCUT2D eigenvalue weighted by molar-refractivity contribution is 6.33. The Hall–Kier alpha value is -1.75. The molecule has 0 aliphatic carbocycles. The van der Waals surface area contributed by atoms with Gasteiger partial charge in [0.25, 0.3) is 0 Å². The van der Waals surface area contributed by atoms with E-state index in [0.29, 0.717) is 30.1 Å². The van der Waals surface area contributed by atoms with Gasteiger partial charge in [-0.15, -0.1) is 0 Å². The zero-order valence-corrected chi connectivity index (χ0v) is 10.5. The first kappa shape index (κ1) is 12.7. The maximum Gasteiger partial charge on any atom is 0.319 e. The zero-order valence-electron chi connectivity index (χ0n) is 9.70. The van der Waals surface area contributed by atoms with Crippen molar-refractivity contribution in [2.24, 2.45) is 0 Å². The van der Waals surface area contributed by atoms with Crippen molar-refractivity contribution in [3.8, 4) is 0 Å². The number of para-hydroxylation sites is 1. The van der Waals surface area contributed by atoms with Crippen LogP contribution in [0.25, 0.3) is 0 Å². The van der Waals surface area contributed by atoms with Gasteiger partial charge in [-0.1, -0.05) is 23.7 Å². The third-order valence-corrected chi connectivity index (χ3v) is 3.05. The Balaban J connectivity index is 1.86. The van der Waals surface area contributed by atoms with Gasteiger partial charge in [-0.2, -0.15) is 0 Å². The van der Waals surface area contributed by atoms with Crippen LogP contribution < -0.4 is 16.0 Å². The van der Waals surface area contributed by atoms with E-state index in [0.717, 1.165) is 0 Å². The fraction of sp³-hybridized carbons (Fsp3) is 0.333. The number of hydrogen-bond donors (Lipinski definition) is 3. The first-order valence-electron chi connectivity index (χ1n) is 5.74. The summed E-state index contributed by atoms with van der Waals surface area (Å²) in [7, 11) is 0. The minimum atomic E-state index is -0.316. The van der Waals surface area contributed by atoms with Crippen molar-refractivity contribution in [1.82, 2.24) is 10.6 Å². The molecule has 5 nitrogen and oxygen atoms in total. The van der Waals surface area contributed by atoms with Crippen LogP contribution in [0.2, 0.25) is 5.02 Å². The summed E-state index contributed by atoms with van der Waals surface area (Å²) in [5, 5.41) is 8.66. The van der Waals surface area contributed by atoms with Gasteiger partial charge in [-0.3, -0.25) is 4.79 Å². The smallest absolute Gasteiger partial charge is 0.319 e. The lowest BCUT2D eigenvalue weighted by Gasteiger charge is -2.23. The van der Waals surface area contributed by atoms with Gasteiger partial charge >= 0.3 is 6.03 Å². The first-order valence-corrected chi connectivity index (χ1v) is 6.11. The second kappa shape index (κ2) is 5.73. The Morgan fingerprint density at radius 1 is 1.39 bits per heavy atom. The lowest BCUT2D eigenvalue weighted by molar-refractivity contribution is -0.122. The number of rotatable bonds is 2. The number of urea groups is 1. The van der Waals surface area contributed by atoms with Gasteiger partial charge in [0.15, 0.2) is 0 Å². The normalized spacial score (nSPS) is 18.9. The number of benzene rings is 1. The number of hydrogen-bond acceptors (Lipinski definition) is 2. The van der Waals surface area contributed by atoms with Gasteiger partial charge in [-0.05, 0) is 18.6 Å². The molecule has 2 rings (SSSR count). The molecule has 0 unspecified atom stereocenters. The number of piperidine rings is 1. The molecule has 0 radical (unpaired) electrons. The Morgan fingerprint density at radius 3 is 2.83 bits per heavy atom. The second-order valence-electron chi connectivity index (χ2n) is 4.12. The van der Waals surface area contributed by atoms with E-state index in [4.69, 9.17) is 11.6 Å². The lowest BCUT2D eigenvalue weighted by atomic mass is 10.1. The van der Waals surface area contributed by atoms with Crippen LogP contribution in [0.4, 0.5) is 10.5 Å². The molecule has 0 saturated carbocycles. The molecule has 96 valence electrons. The molecule has 1 atom stereocenters. The number of nitrogens with one attached hydrogen (secondary N) is 3. The number of carbonyl (C=O) groups is 2. The summed E-state index contributed by atoms with van der Waals surface area (Å²) >= 11 is 5.93. The fourth-order valence-electron chi connectivity index (χ4n) is 1.76. The van der Waals surface area contributed by atoms with Crippen molar-refractivity contribution < 1.29 is 9.59 Å². The van der Waals surface area contributed by atoms with Crippen LogP contribution in [-0.4, -0.2) is 24.5 Å². The zero-order chi connectivity index (χ0) is 13.0. The summed E-state index contributed by atoms with van der Waals surface area (Å²) in [5.41, 5.74) is 0.566. The second-order valence-corrected chi connectivity index (χ2v) is 4.53.